The predicted octanol–water partition coefficient (Wildman–Crippen LogP) is 3.99. The van der Waals surface area contributed by atoms with Crippen LogP contribution in [0.5, 0.6) is 6.01 Å². The number of aromatic nitrogens is 3. The summed E-state index contributed by atoms with van der Waals surface area (Å²) in [6.07, 6.45) is 1.51. The van der Waals surface area contributed by atoms with Gasteiger partial charge in [-0.3, -0.25) is 0 Å². The van der Waals surface area contributed by atoms with Gasteiger partial charge >= 0.3 is 12.0 Å². The van der Waals surface area contributed by atoms with Crippen molar-refractivity contribution < 1.29 is 15.0 Å². The van der Waals surface area contributed by atoms with Crippen LogP contribution in [0.4, 0.5) is 0 Å². The fourth-order valence-corrected chi connectivity index (χ4v) is 2.96. The molecule has 0 aliphatic carbocycles. The molecule has 6 nitrogen and oxygen atoms in total. The Labute approximate surface area is 158 Å². The van der Waals surface area contributed by atoms with Crippen molar-refractivity contribution in [2.45, 2.75) is 33.2 Å². The van der Waals surface area contributed by atoms with Crippen LogP contribution < -0.4 is 0 Å². The Hall–Kier alpha value is -3.15. The molecule has 1 aromatic heterocycles. The van der Waals surface area contributed by atoms with E-state index in [2.05, 4.69) is 23.9 Å². The maximum atomic E-state index is 11.4. The van der Waals surface area contributed by atoms with Gasteiger partial charge in [0.1, 0.15) is 5.82 Å². The first kappa shape index (κ1) is 18.6. The number of hydrogen-bond acceptors (Lipinski definition) is 4. The Morgan fingerprint density at radius 1 is 1.11 bits per heavy atom. The van der Waals surface area contributed by atoms with Crippen LogP contribution in [0.25, 0.3) is 11.1 Å². The average molecular weight is 365 g/mol. The highest BCUT2D eigenvalue weighted by Crippen LogP contribution is 2.25. The van der Waals surface area contributed by atoms with Crippen molar-refractivity contribution in [2.75, 3.05) is 0 Å². The highest BCUT2D eigenvalue weighted by Gasteiger charge is 2.13. The highest BCUT2D eigenvalue weighted by atomic mass is 16.4. The molecule has 0 spiro atoms. The molecule has 0 fully saturated rings. The molecule has 0 saturated carbocycles. The zero-order chi connectivity index (χ0) is 19.4. The van der Waals surface area contributed by atoms with E-state index in [1.807, 2.05) is 30.3 Å². The number of aromatic hydroxyl groups is 1. The largest absolute Gasteiger partial charge is 0.478 e. The van der Waals surface area contributed by atoms with Gasteiger partial charge in [-0.05, 0) is 35.1 Å². The molecular formula is C21H23N3O3. The van der Waals surface area contributed by atoms with Crippen LogP contribution in [0.2, 0.25) is 0 Å². The van der Waals surface area contributed by atoms with Crippen LogP contribution in [0.15, 0.2) is 48.5 Å². The van der Waals surface area contributed by atoms with Gasteiger partial charge in [0.2, 0.25) is 0 Å². The van der Waals surface area contributed by atoms with E-state index < -0.39 is 5.97 Å². The highest BCUT2D eigenvalue weighted by molar-refractivity contribution is 5.95. The molecule has 0 saturated heterocycles. The Morgan fingerprint density at radius 3 is 2.48 bits per heavy atom. The van der Waals surface area contributed by atoms with Crippen LogP contribution >= 0.6 is 0 Å². The van der Waals surface area contributed by atoms with Crippen molar-refractivity contribution in [3.63, 3.8) is 0 Å². The van der Waals surface area contributed by atoms with E-state index in [-0.39, 0.29) is 11.6 Å². The zero-order valence-corrected chi connectivity index (χ0v) is 15.5. The van der Waals surface area contributed by atoms with Crippen molar-refractivity contribution in [3.05, 3.63) is 65.5 Å². The topological polar surface area (TPSA) is 88.2 Å². The number of carbonyl (C=O) groups is 1. The molecule has 0 aliphatic heterocycles. The zero-order valence-electron chi connectivity index (χ0n) is 15.5. The molecule has 0 atom stereocenters. The second-order valence-electron chi connectivity index (χ2n) is 6.96. The molecule has 3 rings (SSSR count). The van der Waals surface area contributed by atoms with Gasteiger partial charge in [0.25, 0.3) is 0 Å². The third kappa shape index (κ3) is 4.53. The summed E-state index contributed by atoms with van der Waals surface area (Å²) in [5.41, 5.74) is 2.84. The molecule has 6 heteroatoms. The van der Waals surface area contributed by atoms with Crippen molar-refractivity contribution in [1.29, 1.82) is 0 Å². The minimum atomic E-state index is -0.941. The fraction of sp³-hybridized carbons (Fsp3) is 0.286. The van der Waals surface area contributed by atoms with Gasteiger partial charge in [0.05, 0.1) is 5.56 Å². The fourth-order valence-electron chi connectivity index (χ4n) is 2.96. The maximum absolute atomic E-state index is 11.4. The summed E-state index contributed by atoms with van der Waals surface area (Å²) in [6.45, 7) is 5.00. The molecule has 0 bridgehead atoms. The van der Waals surface area contributed by atoms with E-state index in [9.17, 15) is 15.0 Å². The molecule has 1 heterocycles. The van der Waals surface area contributed by atoms with E-state index in [4.69, 9.17) is 0 Å². The lowest BCUT2D eigenvalue weighted by atomic mass is 9.98. The van der Waals surface area contributed by atoms with E-state index in [0.29, 0.717) is 30.3 Å². The molecule has 2 aromatic carbocycles. The molecule has 0 aliphatic rings. The van der Waals surface area contributed by atoms with E-state index in [1.54, 1.807) is 22.9 Å². The Morgan fingerprint density at radius 2 is 1.81 bits per heavy atom. The summed E-state index contributed by atoms with van der Waals surface area (Å²) in [4.78, 5) is 15.5. The minimum Gasteiger partial charge on any atom is -0.478 e. The van der Waals surface area contributed by atoms with Gasteiger partial charge in [-0.25, -0.2) is 9.48 Å². The number of nitrogens with zero attached hydrogens (tertiary/aromatic N) is 3. The first-order valence-electron chi connectivity index (χ1n) is 8.98. The summed E-state index contributed by atoms with van der Waals surface area (Å²) < 4.78 is 1.75. The lowest BCUT2D eigenvalue weighted by molar-refractivity contribution is 0.0697. The molecule has 140 valence electrons. The summed E-state index contributed by atoms with van der Waals surface area (Å²) in [5, 5.41) is 23.1. The van der Waals surface area contributed by atoms with Gasteiger partial charge in [-0.2, -0.15) is 4.98 Å². The number of aryl methyl sites for hydroxylation is 1. The van der Waals surface area contributed by atoms with Gasteiger partial charge in [-0.15, -0.1) is 5.10 Å². The van der Waals surface area contributed by atoms with Crippen LogP contribution in [-0.2, 0) is 13.0 Å². The molecule has 27 heavy (non-hydrogen) atoms. The van der Waals surface area contributed by atoms with Crippen molar-refractivity contribution in [1.82, 2.24) is 14.8 Å². The van der Waals surface area contributed by atoms with E-state index in [1.165, 1.54) is 0 Å². The van der Waals surface area contributed by atoms with Crippen molar-refractivity contribution in [3.8, 4) is 17.1 Å². The standard InChI is InChI=1S/C21H23N3O3/c1-14(2)11-12-24-19(22-21(27)23-24)13-15-7-9-16(10-8-15)17-5-3-4-6-18(17)20(25)26/h3-10,14H,11-13H2,1-2H3,(H,23,27)(H,25,26). The second-order valence-corrected chi connectivity index (χ2v) is 6.96. The summed E-state index contributed by atoms with van der Waals surface area (Å²) >= 11 is 0. The molecule has 0 radical (unpaired) electrons. The Balaban J connectivity index is 1.80. The molecule has 3 aromatic rings. The molecule has 2 N–H and O–H groups in total. The van der Waals surface area contributed by atoms with Crippen molar-refractivity contribution in [2.24, 2.45) is 5.92 Å². The number of rotatable bonds is 7. The Bertz CT molecular complexity index is 930. The second kappa shape index (κ2) is 8.03. The minimum absolute atomic E-state index is 0.208. The predicted molar refractivity (Wildman–Crippen MR) is 103 cm³/mol. The SMILES string of the molecule is CC(C)CCn1nc(O)nc1Cc1ccc(-c2ccccc2C(=O)O)cc1. The number of hydrogen-bond donors (Lipinski definition) is 2. The quantitative estimate of drug-likeness (QED) is 0.661. The van der Waals surface area contributed by atoms with Gasteiger partial charge in [0.15, 0.2) is 0 Å². The number of aromatic carboxylic acids is 1. The number of benzene rings is 2. The first-order chi connectivity index (χ1) is 12.9. The smallest absolute Gasteiger partial charge is 0.336 e. The first-order valence-corrected chi connectivity index (χ1v) is 8.98. The van der Waals surface area contributed by atoms with Crippen molar-refractivity contribution >= 4 is 5.97 Å². The van der Waals surface area contributed by atoms with Crippen LogP contribution in [-0.4, -0.2) is 30.9 Å². The number of carboxylic acids is 1. The number of carboxylic acid groups (broad SMARTS) is 1. The lowest BCUT2D eigenvalue weighted by Gasteiger charge is -2.09. The Kier molecular flexibility index (Phi) is 5.54. The monoisotopic (exact) mass is 365 g/mol. The molecule has 0 amide bonds. The van der Waals surface area contributed by atoms with E-state index in [0.717, 1.165) is 17.5 Å². The van der Waals surface area contributed by atoms with Gasteiger partial charge < -0.3 is 10.2 Å². The van der Waals surface area contributed by atoms with Gasteiger partial charge in [-0.1, -0.05) is 56.3 Å². The molecular weight excluding hydrogens is 342 g/mol. The van der Waals surface area contributed by atoms with E-state index >= 15 is 0 Å². The summed E-state index contributed by atoms with van der Waals surface area (Å²) in [6, 6.07) is 14.5. The maximum Gasteiger partial charge on any atom is 0.336 e. The summed E-state index contributed by atoms with van der Waals surface area (Å²) in [5.74, 6) is 0.313. The normalized spacial score (nSPS) is 11.1. The average Bonchev–Trinajstić information content (AvgIpc) is 3.00. The third-order valence-electron chi connectivity index (χ3n) is 4.44. The lowest BCUT2D eigenvalue weighted by Crippen LogP contribution is -2.08. The molecule has 0 unspecified atom stereocenters. The van der Waals surface area contributed by atoms with Crippen LogP contribution in [0.3, 0.4) is 0 Å². The van der Waals surface area contributed by atoms with Gasteiger partial charge in [0, 0.05) is 13.0 Å². The van der Waals surface area contributed by atoms with Crippen LogP contribution in [0, 0.1) is 5.92 Å². The van der Waals surface area contributed by atoms with Crippen LogP contribution in [0.1, 0.15) is 42.0 Å². The summed E-state index contributed by atoms with van der Waals surface area (Å²) in [7, 11) is 0. The third-order valence-corrected chi connectivity index (χ3v) is 4.44.